The molecule has 2 aromatic rings. The van der Waals surface area contributed by atoms with Gasteiger partial charge in [-0.25, -0.2) is 0 Å². The number of amides is 1. The molecule has 1 aliphatic carbocycles. The minimum Gasteiger partial charge on any atom is -0.383 e. The summed E-state index contributed by atoms with van der Waals surface area (Å²) >= 11 is 0. The summed E-state index contributed by atoms with van der Waals surface area (Å²) in [7, 11) is 1.14. The van der Waals surface area contributed by atoms with Crippen LogP contribution in [0.1, 0.15) is 49.3 Å². The molecule has 2 radical (unpaired) electrons. The molecule has 5 nitrogen and oxygen atoms in total. The standard InChI is InChI=1S/C23H27BNO4P.2U/c1-2-15-25-22(26)23(14-8-9-16-30(27,28)29-24)20-13-7-6-12-19(20)17-21(23)18-10-4-3-5-11-18;;/h3-7,10-13,17H,2,8-9,14-16H2,1H3,(H,25,26)(H,27,28);;. The second kappa shape index (κ2) is 13.8. The van der Waals surface area contributed by atoms with Crippen molar-refractivity contribution in [3.05, 3.63) is 71.3 Å². The number of hydrogen-bond acceptors (Lipinski definition) is 3. The summed E-state index contributed by atoms with van der Waals surface area (Å²) < 4.78 is 15.9. The Labute approximate surface area is 239 Å². The third kappa shape index (κ3) is 6.77. The van der Waals surface area contributed by atoms with Crippen molar-refractivity contribution < 1.29 is 80.9 Å². The van der Waals surface area contributed by atoms with E-state index in [0.717, 1.165) is 28.7 Å². The van der Waals surface area contributed by atoms with Gasteiger partial charge in [0.15, 0.2) is 0 Å². The van der Waals surface area contributed by atoms with Gasteiger partial charge in [-0.15, -0.1) is 0 Å². The van der Waals surface area contributed by atoms with Crippen LogP contribution >= 0.6 is 7.60 Å². The molecule has 0 bridgehead atoms. The zero-order valence-electron chi connectivity index (χ0n) is 18.2. The van der Waals surface area contributed by atoms with Crippen molar-refractivity contribution in [2.24, 2.45) is 0 Å². The summed E-state index contributed by atoms with van der Waals surface area (Å²) in [6, 6.07) is 17.9. The van der Waals surface area contributed by atoms with Gasteiger partial charge in [-0.2, -0.15) is 0 Å². The zero-order valence-corrected chi connectivity index (χ0v) is 27.4. The van der Waals surface area contributed by atoms with E-state index in [1.165, 1.54) is 0 Å². The van der Waals surface area contributed by atoms with Crippen LogP contribution in [0.25, 0.3) is 11.6 Å². The minimum atomic E-state index is -3.77. The third-order valence-corrected chi connectivity index (χ3v) is 6.81. The van der Waals surface area contributed by atoms with E-state index in [2.05, 4.69) is 15.8 Å². The number of rotatable bonds is 10. The van der Waals surface area contributed by atoms with Crippen molar-refractivity contribution in [1.29, 1.82) is 0 Å². The summed E-state index contributed by atoms with van der Waals surface area (Å²) in [6.45, 7) is 2.62. The maximum absolute atomic E-state index is 13.6. The average molecular weight is 899 g/mol. The first-order valence-electron chi connectivity index (χ1n) is 10.3. The molecule has 0 fully saturated rings. The van der Waals surface area contributed by atoms with Crippen LogP contribution in [-0.4, -0.2) is 31.6 Å². The van der Waals surface area contributed by atoms with Gasteiger partial charge in [0.2, 0.25) is 5.91 Å². The van der Waals surface area contributed by atoms with Gasteiger partial charge in [0.05, 0.1) is 0 Å². The smallest absolute Gasteiger partial charge is 0.313 e. The van der Waals surface area contributed by atoms with E-state index in [-0.39, 0.29) is 74.3 Å². The van der Waals surface area contributed by atoms with Gasteiger partial charge in [-0.05, 0) is 47.6 Å². The van der Waals surface area contributed by atoms with Crippen LogP contribution in [0.4, 0.5) is 0 Å². The SMILES string of the molecule is [B]OP(=O)(O)CCCCC1(C(=O)NCCC)C(c2ccccc2)=Cc2ccccc21.[U].[U]. The topological polar surface area (TPSA) is 75.6 Å². The molecule has 0 spiro atoms. The molecule has 2 aromatic carbocycles. The van der Waals surface area contributed by atoms with E-state index in [1.54, 1.807) is 0 Å². The van der Waals surface area contributed by atoms with Crippen molar-refractivity contribution in [2.45, 2.75) is 38.0 Å². The van der Waals surface area contributed by atoms with Gasteiger partial charge < -0.3 is 14.7 Å². The minimum absolute atomic E-state index is 0. The van der Waals surface area contributed by atoms with Crippen molar-refractivity contribution in [3.8, 4) is 0 Å². The normalized spacial score (nSPS) is 18.4. The second-order valence-electron chi connectivity index (χ2n) is 7.60. The summed E-state index contributed by atoms with van der Waals surface area (Å²) in [5.74, 6) is -0.0355. The van der Waals surface area contributed by atoms with E-state index in [0.29, 0.717) is 25.8 Å². The van der Waals surface area contributed by atoms with Gasteiger partial charge in [0.1, 0.15) is 5.41 Å². The Kier molecular flexibility index (Phi) is 12.9. The number of hydrogen-bond donors (Lipinski definition) is 2. The number of carbonyl (C=O) groups is 1. The van der Waals surface area contributed by atoms with Gasteiger partial charge in [-0.3, -0.25) is 9.36 Å². The van der Waals surface area contributed by atoms with E-state index in [4.69, 9.17) is 8.05 Å². The van der Waals surface area contributed by atoms with Crippen molar-refractivity contribution >= 4 is 33.2 Å². The summed E-state index contributed by atoms with van der Waals surface area (Å²) in [5.41, 5.74) is 3.11. The molecule has 2 N–H and O–H groups in total. The number of unbranched alkanes of at least 4 members (excludes halogenated alkanes) is 1. The number of carbonyl (C=O) groups excluding carboxylic acids is 1. The van der Waals surface area contributed by atoms with Crippen LogP contribution < -0.4 is 5.32 Å². The van der Waals surface area contributed by atoms with Crippen molar-refractivity contribution in [2.75, 3.05) is 12.7 Å². The molecular formula is C23H27BNO4PU2. The van der Waals surface area contributed by atoms with Gasteiger partial charge >= 0.3 is 7.60 Å². The van der Waals surface area contributed by atoms with Crippen LogP contribution in [-0.2, 0) is 19.2 Å². The first-order chi connectivity index (χ1) is 14.4. The maximum atomic E-state index is 13.6. The zero-order chi connectivity index (χ0) is 21.6. The molecule has 3 rings (SSSR count). The molecule has 0 aliphatic heterocycles. The molecule has 1 amide bonds. The molecule has 1 aliphatic rings. The third-order valence-electron chi connectivity index (χ3n) is 5.60. The fraction of sp³-hybridized carbons (Fsp3) is 0.348. The monoisotopic (exact) mass is 899 g/mol. The molecule has 164 valence electrons. The summed E-state index contributed by atoms with van der Waals surface area (Å²) in [5, 5.41) is 3.10. The number of fused-ring (bicyclic) bond motifs is 1. The average Bonchev–Trinajstić information content (AvgIpc) is 3.11. The van der Waals surface area contributed by atoms with Gasteiger partial charge in [0, 0.05) is 74.9 Å². The Bertz CT molecular complexity index is 973. The Balaban J connectivity index is 0.00000256. The number of nitrogens with one attached hydrogen (secondary N) is 1. The molecule has 0 aromatic heterocycles. The van der Waals surface area contributed by atoms with E-state index in [9.17, 15) is 14.3 Å². The Hall–Kier alpha value is -0.0312. The molecule has 0 saturated heterocycles. The fourth-order valence-electron chi connectivity index (χ4n) is 4.15. The van der Waals surface area contributed by atoms with Crippen LogP contribution in [0.15, 0.2) is 54.6 Å². The first kappa shape index (κ1) is 30.0. The predicted molar refractivity (Wildman–Crippen MR) is 121 cm³/mol. The molecule has 32 heavy (non-hydrogen) atoms. The van der Waals surface area contributed by atoms with E-state index in [1.807, 2.05) is 61.5 Å². The number of benzene rings is 2. The fourth-order valence-corrected chi connectivity index (χ4v) is 4.88. The summed E-state index contributed by atoms with van der Waals surface area (Å²) in [6.07, 6.45) is 4.42. The molecule has 2 atom stereocenters. The Morgan fingerprint density at radius 3 is 2.41 bits per heavy atom. The van der Waals surface area contributed by atoms with Crippen molar-refractivity contribution in [1.82, 2.24) is 5.32 Å². The van der Waals surface area contributed by atoms with Gasteiger partial charge in [0.25, 0.3) is 8.05 Å². The second-order valence-corrected chi connectivity index (χ2v) is 9.53. The summed E-state index contributed by atoms with van der Waals surface area (Å²) in [4.78, 5) is 23.2. The van der Waals surface area contributed by atoms with Crippen molar-refractivity contribution in [3.63, 3.8) is 0 Å². The largest absolute Gasteiger partial charge is 0.383 e. The molecule has 2 unspecified atom stereocenters. The van der Waals surface area contributed by atoms with Crippen LogP contribution in [0.2, 0.25) is 0 Å². The first-order valence-corrected chi connectivity index (χ1v) is 12.1. The van der Waals surface area contributed by atoms with E-state index >= 15 is 0 Å². The van der Waals surface area contributed by atoms with Crippen LogP contribution in [0, 0.1) is 62.2 Å². The van der Waals surface area contributed by atoms with E-state index < -0.39 is 13.0 Å². The maximum Gasteiger partial charge on any atom is 0.313 e. The van der Waals surface area contributed by atoms with Crippen LogP contribution in [0.3, 0.4) is 0 Å². The molecule has 0 heterocycles. The Morgan fingerprint density at radius 1 is 1.09 bits per heavy atom. The molecule has 0 saturated carbocycles. The Morgan fingerprint density at radius 2 is 1.75 bits per heavy atom. The van der Waals surface area contributed by atoms with Gasteiger partial charge in [-0.1, -0.05) is 67.9 Å². The predicted octanol–water partition coefficient (Wildman–Crippen LogP) is 4.46. The van der Waals surface area contributed by atoms with Crippen LogP contribution in [0.5, 0.6) is 0 Å². The molecular weight excluding hydrogens is 872 g/mol. The quantitative estimate of drug-likeness (QED) is 0.210. The molecule has 9 heteroatoms.